The number of rotatable bonds is 8. The summed E-state index contributed by atoms with van der Waals surface area (Å²) in [6.07, 6.45) is 1.59. The Morgan fingerprint density at radius 1 is 1.14 bits per heavy atom. The minimum absolute atomic E-state index is 0.00499. The molecule has 0 atom stereocenters. The first-order chi connectivity index (χ1) is 17.8. The average molecular weight is 575 g/mol. The average Bonchev–Trinajstić information content (AvgIpc) is 3.12. The smallest absolute Gasteiger partial charge is 0.285 e. The van der Waals surface area contributed by atoms with Gasteiger partial charge in [-0.2, -0.15) is 5.01 Å². The Kier molecular flexibility index (Phi) is 8.60. The number of thioether (sulfide) groups is 1. The van der Waals surface area contributed by atoms with E-state index in [1.54, 1.807) is 61.5 Å². The number of benzene rings is 3. The molecule has 190 valence electrons. The first-order valence-corrected chi connectivity index (χ1v) is 13.1. The van der Waals surface area contributed by atoms with Crippen LogP contribution in [-0.4, -0.2) is 32.9 Å². The van der Waals surface area contributed by atoms with E-state index < -0.39 is 11.8 Å². The number of carbonyl (C=O) groups excluding carboxylic acids is 2. The van der Waals surface area contributed by atoms with Crippen molar-refractivity contribution in [3.05, 3.63) is 86.7 Å². The molecule has 0 saturated carbocycles. The molecule has 1 aliphatic heterocycles. The molecule has 3 aromatic rings. The van der Waals surface area contributed by atoms with Crippen LogP contribution in [0.25, 0.3) is 6.08 Å². The van der Waals surface area contributed by atoms with Crippen LogP contribution in [0.15, 0.2) is 65.6 Å². The molecular formula is C26H21Cl2N3O4S2. The second-order valence-electron chi connectivity index (χ2n) is 7.77. The molecule has 3 aromatic carbocycles. The highest BCUT2D eigenvalue weighted by Crippen LogP contribution is 2.35. The number of hydrogen-bond acceptors (Lipinski definition) is 7. The number of nitrogens with zero attached hydrogens (tertiary/aromatic N) is 1. The summed E-state index contributed by atoms with van der Waals surface area (Å²) in [5, 5.41) is 15.0. The summed E-state index contributed by atoms with van der Waals surface area (Å²) in [4.78, 5) is 26.2. The van der Waals surface area contributed by atoms with Gasteiger partial charge in [-0.3, -0.25) is 15.0 Å². The van der Waals surface area contributed by atoms with Crippen LogP contribution < -0.4 is 15.5 Å². The molecular weight excluding hydrogens is 553 g/mol. The van der Waals surface area contributed by atoms with Crippen molar-refractivity contribution in [2.24, 2.45) is 0 Å². The molecule has 1 saturated heterocycles. The predicted molar refractivity (Wildman–Crippen MR) is 152 cm³/mol. The Labute approximate surface area is 233 Å². The quantitative estimate of drug-likeness (QED) is 0.214. The van der Waals surface area contributed by atoms with Gasteiger partial charge in [0.1, 0.15) is 0 Å². The molecule has 0 spiro atoms. The lowest BCUT2D eigenvalue weighted by atomic mass is 10.1. The van der Waals surface area contributed by atoms with Crippen molar-refractivity contribution in [3.63, 3.8) is 0 Å². The Morgan fingerprint density at radius 2 is 1.86 bits per heavy atom. The third-order valence-corrected chi connectivity index (χ3v) is 7.13. The molecule has 7 nitrogen and oxygen atoms in total. The third kappa shape index (κ3) is 6.37. The van der Waals surface area contributed by atoms with E-state index in [4.69, 9.17) is 40.2 Å². The third-order valence-electron chi connectivity index (χ3n) is 5.20. The highest BCUT2D eigenvalue weighted by Gasteiger charge is 2.33. The highest BCUT2D eigenvalue weighted by atomic mass is 35.5. The van der Waals surface area contributed by atoms with Gasteiger partial charge in [0.05, 0.1) is 33.7 Å². The van der Waals surface area contributed by atoms with Gasteiger partial charge in [-0.05, 0) is 66.7 Å². The highest BCUT2D eigenvalue weighted by molar-refractivity contribution is 8.26. The van der Waals surface area contributed by atoms with Crippen LogP contribution in [0.1, 0.15) is 18.1 Å². The molecule has 0 aromatic heterocycles. The molecule has 0 radical (unpaired) electrons. The molecule has 4 rings (SSSR count). The summed E-state index contributed by atoms with van der Waals surface area (Å²) in [6, 6.07) is 17.1. The van der Waals surface area contributed by atoms with Gasteiger partial charge in [0.15, 0.2) is 15.8 Å². The van der Waals surface area contributed by atoms with Crippen molar-refractivity contribution >= 4 is 80.8 Å². The lowest BCUT2D eigenvalue weighted by Gasteiger charge is -2.17. The zero-order chi connectivity index (χ0) is 26.5. The molecule has 0 aliphatic carbocycles. The SMILES string of the molecule is CCOc1cc(/C=C2\SC(=S)N(NC(=O)Cc3ccccc3Nc3c(Cl)cccc3Cl)C2=O)ccc1O. The number of hydrogen-bond donors (Lipinski definition) is 3. The Balaban J connectivity index is 1.47. The van der Waals surface area contributed by atoms with Gasteiger partial charge in [-0.25, -0.2) is 0 Å². The molecule has 1 heterocycles. The Bertz CT molecular complexity index is 1390. The van der Waals surface area contributed by atoms with Gasteiger partial charge in [0, 0.05) is 5.69 Å². The normalized spacial score (nSPS) is 14.2. The topological polar surface area (TPSA) is 90.9 Å². The second-order valence-corrected chi connectivity index (χ2v) is 10.3. The van der Waals surface area contributed by atoms with E-state index in [1.165, 1.54) is 6.07 Å². The van der Waals surface area contributed by atoms with Crippen molar-refractivity contribution in [3.8, 4) is 11.5 Å². The first kappa shape index (κ1) is 26.8. The van der Waals surface area contributed by atoms with E-state index in [0.29, 0.717) is 49.8 Å². The zero-order valence-electron chi connectivity index (χ0n) is 19.5. The number of nitrogens with one attached hydrogen (secondary N) is 2. The van der Waals surface area contributed by atoms with Crippen molar-refractivity contribution in [1.29, 1.82) is 0 Å². The Morgan fingerprint density at radius 3 is 2.59 bits per heavy atom. The number of hydrazine groups is 1. The van der Waals surface area contributed by atoms with Crippen molar-refractivity contribution in [1.82, 2.24) is 10.4 Å². The summed E-state index contributed by atoms with van der Waals surface area (Å²) < 4.78 is 5.59. The van der Waals surface area contributed by atoms with Crippen LogP contribution in [0.5, 0.6) is 11.5 Å². The summed E-state index contributed by atoms with van der Waals surface area (Å²) >= 11 is 18.9. The summed E-state index contributed by atoms with van der Waals surface area (Å²) in [5.41, 5.74) is 5.09. The number of phenols is 1. The number of aromatic hydroxyl groups is 1. The van der Waals surface area contributed by atoms with Gasteiger partial charge in [0.25, 0.3) is 5.91 Å². The fraction of sp³-hybridized carbons (Fsp3) is 0.115. The lowest BCUT2D eigenvalue weighted by molar-refractivity contribution is -0.132. The number of para-hydroxylation sites is 2. The first-order valence-electron chi connectivity index (χ1n) is 11.1. The number of halogens is 2. The van der Waals surface area contributed by atoms with Gasteiger partial charge in [0.2, 0.25) is 5.91 Å². The lowest BCUT2D eigenvalue weighted by Crippen LogP contribution is -2.45. The number of amides is 2. The van der Waals surface area contributed by atoms with Crippen LogP contribution >= 0.6 is 47.2 Å². The maximum Gasteiger partial charge on any atom is 0.285 e. The van der Waals surface area contributed by atoms with E-state index in [2.05, 4.69) is 10.7 Å². The number of carbonyl (C=O) groups is 2. The van der Waals surface area contributed by atoms with E-state index >= 15 is 0 Å². The zero-order valence-corrected chi connectivity index (χ0v) is 22.6. The molecule has 0 bridgehead atoms. The summed E-state index contributed by atoms with van der Waals surface area (Å²) in [5.74, 6) is -0.570. The van der Waals surface area contributed by atoms with Crippen LogP contribution in [0, 0.1) is 0 Å². The molecule has 37 heavy (non-hydrogen) atoms. The van der Waals surface area contributed by atoms with E-state index in [0.717, 1.165) is 16.8 Å². The monoisotopic (exact) mass is 573 g/mol. The number of thiocarbonyl (C=S) groups is 1. The molecule has 1 aliphatic rings. The van der Waals surface area contributed by atoms with Gasteiger partial charge < -0.3 is 15.2 Å². The van der Waals surface area contributed by atoms with Crippen molar-refractivity contribution < 1.29 is 19.4 Å². The largest absolute Gasteiger partial charge is 0.504 e. The number of ether oxygens (including phenoxy) is 1. The Hall–Kier alpha value is -3.24. The summed E-state index contributed by atoms with van der Waals surface area (Å²) in [6.45, 7) is 2.19. The molecule has 11 heteroatoms. The molecule has 0 unspecified atom stereocenters. The predicted octanol–water partition coefficient (Wildman–Crippen LogP) is 6.32. The van der Waals surface area contributed by atoms with Crippen LogP contribution in [-0.2, 0) is 16.0 Å². The maximum absolute atomic E-state index is 13.0. The molecule has 3 N–H and O–H groups in total. The minimum atomic E-state index is -0.455. The van der Waals surface area contributed by atoms with Crippen LogP contribution in [0.4, 0.5) is 11.4 Å². The van der Waals surface area contributed by atoms with E-state index in [1.807, 2.05) is 6.07 Å². The maximum atomic E-state index is 13.0. The fourth-order valence-corrected chi connectivity index (χ4v) is 5.16. The van der Waals surface area contributed by atoms with Gasteiger partial charge in [-0.15, -0.1) is 0 Å². The second kappa shape index (κ2) is 11.9. The van der Waals surface area contributed by atoms with Crippen molar-refractivity contribution in [2.45, 2.75) is 13.3 Å². The number of phenolic OH excluding ortho intramolecular Hbond substituents is 1. The molecule has 1 fully saturated rings. The van der Waals surface area contributed by atoms with Crippen molar-refractivity contribution in [2.75, 3.05) is 11.9 Å². The van der Waals surface area contributed by atoms with Crippen LogP contribution in [0.3, 0.4) is 0 Å². The van der Waals surface area contributed by atoms with E-state index in [-0.39, 0.29) is 16.5 Å². The van der Waals surface area contributed by atoms with Gasteiger partial charge in [-0.1, -0.05) is 65.3 Å². The van der Waals surface area contributed by atoms with Crippen LogP contribution in [0.2, 0.25) is 10.0 Å². The molecule has 2 amide bonds. The summed E-state index contributed by atoms with van der Waals surface area (Å²) in [7, 11) is 0. The fourth-order valence-electron chi connectivity index (χ4n) is 3.49. The van der Waals surface area contributed by atoms with Gasteiger partial charge >= 0.3 is 0 Å². The minimum Gasteiger partial charge on any atom is -0.504 e. The van der Waals surface area contributed by atoms with E-state index in [9.17, 15) is 14.7 Å². The standard InChI is InChI=1S/C26H21Cl2N3O4S2/c1-2-35-21-12-15(10-11-20(21)32)13-22-25(34)31(26(36)37-22)30-23(33)14-16-6-3-4-9-19(16)29-24-17(27)7-5-8-18(24)28/h3-13,29,32H,2,14H2,1H3,(H,30,33)/b22-13-. The number of anilines is 2.